The zero-order valence-electron chi connectivity index (χ0n) is 17.1. The average Bonchev–Trinajstić information content (AvgIpc) is 3.16. The summed E-state index contributed by atoms with van der Waals surface area (Å²) in [5.41, 5.74) is 0.991. The van der Waals surface area contributed by atoms with Gasteiger partial charge in [-0.2, -0.15) is 0 Å². The van der Waals surface area contributed by atoms with Gasteiger partial charge in [-0.1, -0.05) is 31.0 Å². The molecule has 0 N–H and O–H groups in total. The summed E-state index contributed by atoms with van der Waals surface area (Å²) in [5.74, 6) is 2.25. The van der Waals surface area contributed by atoms with Crippen molar-refractivity contribution in [2.75, 3.05) is 19.4 Å². The normalized spacial score (nSPS) is 14.8. The first-order valence-electron chi connectivity index (χ1n) is 10.2. The Morgan fingerprint density at radius 2 is 1.89 bits per heavy atom. The molecule has 0 bridgehead atoms. The molecule has 0 spiro atoms. The summed E-state index contributed by atoms with van der Waals surface area (Å²) in [6.45, 7) is 5.68. The number of benzene rings is 1. The third kappa shape index (κ3) is 4.69. The number of thioether (sulfide) groups is 1. The van der Waals surface area contributed by atoms with E-state index in [-0.39, 0.29) is 5.91 Å². The van der Waals surface area contributed by atoms with Crippen LogP contribution in [0, 0.1) is 0 Å². The van der Waals surface area contributed by atoms with Crippen LogP contribution in [0.15, 0.2) is 29.4 Å². The fourth-order valence-corrected chi connectivity index (χ4v) is 4.76. The van der Waals surface area contributed by atoms with Crippen molar-refractivity contribution in [3.05, 3.63) is 24.3 Å². The van der Waals surface area contributed by atoms with Crippen LogP contribution in [0.3, 0.4) is 0 Å². The number of carbonyl (C=O) groups excluding carboxylic acids is 1. The number of aromatic nitrogens is 3. The fraction of sp³-hybridized carbons (Fsp3) is 0.571. The number of hydrogen-bond donors (Lipinski definition) is 0. The predicted octanol–water partition coefficient (Wildman–Crippen LogP) is 4.25. The molecule has 0 radical (unpaired) electrons. The second-order valence-corrected chi connectivity index (χ2v) is 7.98. The summed E-state index contributed by atoms with van der Waals surface area (Å²) in [6, 6.07) is 8.21. The van der Waals surface area contributed by atoms with Crippen LogP contribution in [0.4, 0.5) is 0 Å². The van der Waals surface area contributed by atoms with Gasteiger partial charge in [0.15, 0.2) is 11.0 Å². The number of amides is 1. The van der Waals surface area contributed by atoms with Crippen LogP contribution in [-0.2, 0) is 11.3 Å². The van der Waals surface area contributed by atoms with Crippen LogP contribution in [0.1, 0.15) is 46.0 Å². The molecule has 28 heavy (non-hydrogen) atoms. The molecule has 0 aliphatic heterocycles. The quantitative estimate of drug-likeness (QED) is 0.618. The largest absolute Gasteiger partial charge is 0.497 e. The van der Waals surface area contributed by atoms with Crippen molar-refractivity contribution < 1.29 is 9.53 Å². The number of carbonyl (C=O) groups is 1. The predicted molar refractivity (Wildman–Crippen MR) is 113 cm³/mol. The van der Waals surface area contributed by atoms with Gasteiger partial charge in [-0.05, 0) is 51.0 Å². The molecule has 6 nitrogen and oxygen atoms in total. The second kappa shape index (κ2) is 9.96. The van der Waals surface area contributed by atoms with E-state index in [1.165, 1.54) is 31.0 Å². The lowest BCUT2D eigenvalue weighted by Gasteiger charge is -2.33. The molecule has 0 saturated heterocycles. The van der Waals surface area contributed by atoms with Crippen LogP contribution in [0.2, 0.25) is 0 Å². The Morgan fingerprint density at radius 3 is 2.50 bits per heavy atom. The van der Waals surface area contributed by atoms with Gasteiger partial charge in [0.25, 0.3) is 0 Å². The molecule has 1 saturated carbocycles. The van der Waals surface area contributed by atoms with Crippen LogP contribution in [0.5, 0.6) is 5.75 Å². The summed E-state index contributed by atoms with van der Waals surface area (Å²) in [4.78, 5) is 14.9. The molecule has 3 rings (SSSR count). The summed E-state index contributed by atoms with van der Waals surface area (Å²) in [7, 11) is 1.65. The van der Waals surface area contributed by atoms with Crippen molar-refractivity contribution in [1.29, 1.82) is 0 Å². The number of hydrogen-bond acceptors (Lipinski definition) is 5. The highest BCUT2D eigenvalue weighted by Crippen LogP contribution is 2.27. The number of ether oxygens (including phenoxy) is 1. The highest BCUT2D eigenvalue weighted by atomic mass is 32.2. The second-order valence-electron chi connectivity index (χ2n) is 7.04. The van der Waals surface area contributed by atoms with E-state index in [2.05, 4.69) is 33.5 Å². The lowest BCUT2D eigenvalue weighted by Crippen LogP contribution is -2.42. The van der Waals surface area contributed by atoms with Gasteiger partial charge in [0, 0.05) is 24.7 Å². The van der Waals surface area contributed by atoms with E-state index in [9.17, 15) is 4.79 Å². The first-order valence-corrected chi connectivity index (χ1v) is 11.2. The van der Waals surface area contributed by atoms with E-state index in [4.69, 9.17) is 4.74 Å². The maximum Gasteiger partial charge on any atom is 0.233 e. The molecule has 1 fully saturated rings. The van der Waals surface area contributed by atoms with Crippen molar-refractivity contribution in [2.24, 2.45) is 0 Å². The number of nitrogens with zero attached hydrogens (tertiary/aromatic N) is 4. The van der Waals surface area contributed by atoms with Gasteiger partial charge in [-0.15, -0.1) is 10.2 Å². The van der Waals surface area contributed by atoms with Crippen LogP contribution in [0.25, 0.3) is 11.4 Å². The molecule has 1 aromatic heterocycles. The standard InChI is InChI=1S/C21H30N4O2S/c1-4-24(17-9-7-6-8-10-17)19(26)15-28-21-23-22-20(25(21)5-2)16-11-13-18(27-3)14-12-16/h11-14,17H,4-10,15H2,1-3H3. The number of methoxy groups -OCH3 is 1. The number of rotatable bonds is 8. The molecule has 0 unspecified atom stereocenters. The maximum absolute atomic E-state index is 12.8. The van der Waals surface area contributed by atoms with Gasteiger partial charge in [0.1, 0.15) is 5.75 Å². The molecule has 1 aliphatic carbocycles. The lowest BCUT2D eigenvalue weighted by atomic mass is 9.94. The van der Waals surface area contributed by atoms with Gasteiger partial charge in [0.2, 0.25) is 5.91 Å². The highest BCUT2D eigenvalue weighted by Gasteiger charge is 2.24. The third-order valence-electron chi connectivity index (χ3n) is 5.38. The molecule has 1 heterocycles. The van der Waals surface area contributed by atoms with E-state index in [0.29, 0.717) is 11.8 Å². The van der Waals surface area contributed by atoms with E-state index in [1.54, 1.807) is 7.11 Å². The molecular weight excluding hydrogens is 372 g/mol. The van der Waals surface area contributed by atoms with Gasteiger partial charge in [-0.25, -0.2) is 0 Å². The van der Waals surface area contributed by atoms with E-state index >= 15 is 0 Å². The molecule has 7 heteroatoms. The summed E-state index contributed by atoms with van der Waals surface area (Å²) >= 11 is 1.48. The first-order chi connectivity index (χ1) is 13.7. The van der Waals surface area contributed by atoms with Crippen LogP contribution in [-0.4, -0.2) is 51.0 Å². The average molecular weight is 403 g/mol. The first kappa shape index (κ1) is 20.7. The molecule has 2 aromatic rings. The zero-order valence-corrected chi connectivity index (χ0v) is 17.9. The van der Waals surface area contributed by atoms with Crippen molar-refractivity contribution in [3.8, 4) is 17.1 Å². The summed E-state index contributed by atoms with van der Waals surface area (Å²) in [5, 5.41) is 9.51. The van der Waals surface area contributed by atoms with Crippen molar-refractivity contribution in [1.82, 2.24) is 19.7 Å². The third-order valence-corrected chi connectivity index (χ3v) is 6.33. The minimum atomic E-state index is 0.205. The molecule has 1 aliphatic rings. The molecular formula is C21H30N4O2S. The topological polar surface area (TPSA) is 60.3 Å². The van der Waals surface area contributed by atoms with Crippen molar-refractivity contribution in [3.63, 3.8) is 0 Å². The van der Waals surface area contributed by atoms with Gasteiger partial charge in [-0.3, -0.25) is 4.79 Å². The Bertz CT molecular complexity index is 769. The molecule has 1 aromatic carbocycles. The zero-order chi connectivity index (χ0) is 19.9. The Hall–Kier alpha value is -2.02. The highest BCUT2D eigenvalue weighted by molar-refractivity contribution is 7.99. The molecule has 0 atom stereocenters. The monoisotopic (exact) mass is 402 g/mol. The maximum atomic E-state index is 12.8. The van der Waals surface area contributed by atoms with E-state index in [0.717, 1.165) is 48.2 Å². The Morgan fingerprint density at radius 1 is 1.18 bits per heavy atom. The van der Waals surface area contributed by atoms with E-state index < -0.39 is 0 Å². The Balaban J connectivity index is 1.68. The van der Waals surface area contributed by atoms with Crippen molar-refractivity contribution >= 4 is 17.7 Å². The smallest absolute Gasteiger partial charge is 0.233 e. The Kier molecular flexibility index (Phi) is 7.36. The summed E-state index contributed by atoms with van der Waals surface area (Å²) < 4.78 is 7.29. The van der Waals surface area contributed by atoms with E-state index in [1.807, 2.05) is 24.3 Å². The van der Waals surface area contributed by atoms with Crippen LogP contribution >= 0.6 is 11.8 Å². The minimum Gasteiger partial charge on any atom is -0.497 e. The summed E-state index contributed by atoms with van der Waals surface area (Å²) in [6.07, 6.45) is 6.03. The van der Waals surface area contributed by atoms with Gasteiger partial charge < -0.3 is 14.2 Å². The molecule has 152 valence electrons. The molecule has 1 amide bonds. The van der Waals surface area contributed by atoms with Gasteiger partial charge in [0.05, 0.1) is 12.9 Å². The van der Waals surface area contributed by atoms with Gasteiger partial charge >= 0.3 is 0 Å². The van der Waals surface area contributed by atoms with Crippen molar-refractivity contribution in [2.45, 2.75) is 63.7 Å². The fourth-order valence-electron chi connectivity index (χ4n) is 3.87. The van der Waals surface area contributed by atoms with Crippen LogP contribution < -0.4 is 4.74 Å². The SMILES string of the molecule is CCN(C(=O)CSc1nnc(-c2ccc(OC)cc2)n1CC)C1CCCCC1. The Labute approximate surface area is 171 Å². The minimum absolute atomic E-state index is 0.205. The lowest BCUT2D eigenvalue weighted by molar-refractivity contribution is -0.131.